The van der Waals surface area contributed by atoms with E-state index in [9.17, 15) is 4.79 Å². The summed E-state index contributed by atoms with van der Waals surface area (Å²) in [6, 6.07) is 3.04. The minimum atomic E-state index is -0.735. The fourth-order valence-electron chi connectivity index (χ4n) is 1.06. The Morgan fingerprint density at radius 2 is 2.33 bits per heavy atom. The molecule has 0 saturated carbocycles. The summed E-state index contributed by atoms with van der Waals surface area (Å²) in [5, 5.41) is 3.57. The Labute approximate surface area is 113 Å². The van der Waals surface area contributed by atoms with Crippen LogP contribution in [-0.4, -0.2) is 17.6 Å². The lowest BCUT2D eigenvalue weighted by Crippen LogP contribution is -2.05. The molecule has 0 amide bonds. The number of ether oxygens (including phenoxy) is 1. The van der Waals surface area contributed by atoms with Gasteiger partial charge in [0.2, 0.25) is 0 Å². The van der Waals surface area contributed by atoms with E-state index in [1.165, 1.54) is 12.1 Å². The molecule has 0 atom stereocenters. The van der Waals surface area contributed by atoms with Crippen LogP contribution in [0, 0.1) is 0 Å². The van der Waals surface area contributed by atoms with E-state index in [0.29, 0.717) is 5.56 Å². The van der Waals surface area contributed by atoms with Crippen molar-refractivity contribution in [1.82, 2.24) is 4.98 Å². The third-order valence-electron chi connectivity index (χ3n) is 1.77. The number of azide groups is 1. The Balaban J connectivity index is 3.15. The van der Waals surface area contributed by atoms with Crippen LogP contribution in [0.2, 0.25) is 10.3 Å². The van der Waals surface area contributed by atoms with Gasteiger partial charge in [-0.3, -0.25) is 0 Å². The first-order chi connectivity index (χ1) is 8.58. The number of halogens is 2. The Morgan fingerprint density at radius 3 is 2.89 bits per heavy atom. The third-order valence-corrected chi connectivity index (χ3v) is 2.29. The molecule has 0 fully saturated rings. The zero-order valence-electron chi connectivity index (χ0n) is 9.30. The number of esters is 1. The first kappa shape index (κ1) is 14.3. The van der Waals surface area contributed by atoms with Gasteiger partial charge in [-0.15, -0.1) is 0 Å². The molecule has 0 radical (unpaired) electrons. The second-order valence-corrected chi connectivity index (χ2v) is 3.70. The van der Waals surface area contributed by atoms with Crippen LogP contribution in [0.25, 0.3) is 16.5 Å². The van der Waals surface area contributed by atoms with Gasteiger partial charge < -0.3 is 4.74 Å². The molecule has 0 bridgehead atoms. The predicted octanol–water partition coefficient (Wildman–Crippen LogP) is 3.60. The van der Waals surface area contributed by atoms with Gasteiger partial charge in [-0.2, -0.15) is 0 Å². The quantitative estimate of drug-likeness (QED) is 0.211. The van der Waals surface area contributed by atoms with Gasteiger partial charge in [0.15, 0.2) is 0 Å². The first-order valence-corrected chi connectivity index (χ1v) is 5.60. The fourth-order valence-corrected chi connectivity index (χ4v) is 1.46. The van der Waals surface area contributed by atoms with Gasteiger partial charge in [0.25, 0.3) is 0 Å². The highest BCUT2D eigenvalue weighted by Crippen LogP contribution is 2.20. The normalized spacial score (nSPS) is 10.7. The van der Waals surface area contributed by atoms with Crippen molar-refractivity contribution in [2.24, 2.45) is 5.11 Å². The second kappa shape index (κ2) is 6.86. The summed E-state index contributed by atoms with van der Waals surface area (Å²) in [7, 11) is 0. The van der Waals surface area contributed by atoms with E-state index >= 15 is 0 Å². The molecule has 0 aliphatic rings. The van der Waals surface area contributed by atoms with Gasteiger partial charge >= 0.3 is 5.97 Å². The van der Waals surface area contributed by atoms with Crippen LogP contribution < -0.4 is 0 Å². The molecule has 0 aliphatic heterocycles. The average molecular weight is 287 g/mol. The Kier molecular flexibility index (Phi) is 5.45. The van der Waals surface area contributed by atoms with Crippen molar-refractivity contribution in [3.8, 4) is 0 Å². The number of hydrogen-bond donors (Lipinski definition) is 0. The minimum Gasteiger partial charge on any atom is -0.462 e. The van der Waals surface area contributed by atoms with Crippen LogP contribution in [0.3, 0.4) is 0 Å². The number of aromatic nitrogens is 1. The average Bonchev–Trinajstić information content (AvgIpc) is 2.32. The van der Waals surface area contributed by atoms with Gasteiger partial charge in [-0.25, -0.2) is 9.78 Å². The summed E-state index contributed by atoms with van der Waals surface area (Å²) in [5.74, 6) is -0.735. The largest absolute Gasteiger partial charge is 0.462 e. The maximum Gasteiger partial charge on any atom is 0.340 e. The molecule has 1 heterocycles. The highest BCUT2D eigenvalue weighted by atomic mass is 35.5. The van der Waals surface area contributed by atoms with Crippen LogP contribution in [0.15, 0.2) is 22.9 Å². The molecule has 8 heteroatoms. The van der Waals surface area contributed by atoms with E-state index in [-0.39, 0.29) is 22.6 Å². The SMILES string of the molecule is CCOC(=O)C(=Cc1ccc(Cl)nc1Cl)N=[N+]=[N-]. The lowest BCUT2D eigenvalue weighted by atomic mass is 10.2. The van der Waals surface area contributed by atoms with Crippen molar-refractivity contribution < 1.29 is 9.53 Å². The van der Waals surface area contributed by atoms with E-state index in [4.69, 9.17) is 33.5 Å². The summed E-state index contributed by atoms with van der Waals surface area (Å²) in [6.07, 6.45) is 1.28. The molecular weight excluding hydrogens is 279 g/mol. The third kappa shape index (κ3) is 3.92. The van der Waals surface area contributed by atoms with Crippen molar-refractivity contribution in [3.05, 3.63) is 44.1 Å². The molecule has 0 aromatic carbocycles. The lowest BCUT2D eigenvalue weighted by Gasteiger charge is -2.02. The number of carbonyl (C=O) groups is 1. The number of rotatable bonds is 4. The molecule has 1 aromatic heterocycles. The van der Waals surface area contributed by atoms with E-state index < -0.39 is 5.97 Å². The molecule has 1 aromatic rings. The molecule has 6 nitrogen and oxygen atoms in total. The van der Waals surface area contributed by atoms with E-state index in [1.807, 2.05) is 0 Å². The molecule has 18 heavy (non-hydrogen) atoms. The van der Waals surface area contributed by atoms with Crippen LogP contribution in [0.4, 0.5) is 0 Å². The standard InChI is InChI=1S/C10H8Cl2N4O2/c1-2-18-10(17)7(15-16-13)5-6-3-4-8(11)14-9(6)12/h3-5H,2H2,1H3. The summed E-state index contributed by atoms with van der Waals surface area (Å²) in [4.78, 5) is 17.8. The molecular formula is C10H8Cl2N4O2. The minimum absolute atomic E-state index is 0.0949. The Bertz CT molecular complexity index is 539. The highest BCUT2D eigenvalue weighted by Gasteiger charge is 2.10. The van der Waals surface area contributed by atoms with Crippen LogP contribution in [0.5, 0.6) is 0 Å². The van der Waals surface area contributed by atoms with E-state index in [1.54, 1.807) is 13.0 Å². The zero-order chi connectivity index (χ0) is 13.5. The van der Waals surface area contributed by atoms with E-state index in [2.05, 4.69) is 15.0 Å². The van der Waals surface area contributed by atoms with Crippen molar-refractivity contribution in [3.63, 3.8) is 0 Å². The van der Waals surface area contributed by atoms with Crippen molar-refractivity contribution in [2.75, 3.05) is 6.61 Å². The predicted molar refractivity (Wildman–Crippen MR) is 68.0 cm³/mol. The zero-order valence-corrected chi connectivity index (χ0v) is 10.8. The number of hydrogen-bond acceptors (Lipinski definition) is 4. The second-order valence-electron chi connectivity index (χ2n) is 2.95. The molecule has 0 saturated heterocycles. The van der Waals surface area contributed by atoms with Crippen molar-refractivity contribution in [1.29, 1.82) is 0 Å². The van der Waals surface area contributed by atoms with Gasteiger partial charge in [-0.05, 0) is 30.7 Å². The van der Waals surface area contributed by atoms with Gasteiger partial charge in [0, 0.05) is 10.5 Å². The molecule has 94 valence electrons. The summed E-state index contributed by atoms with van der Waals surface area (Å²) >= 11 is 11.5. The lowest BCUT2D eigenvalue weighted by molar-refractivity contribution is -0.138. The molecule has 0 spiro atoms. The maximum atomic E-state index is 11.5. The van der Waals surface area contributed by atoms with E-state index in [0.717, 1.165) is 0 Å². The number of carbonyl (C=O) groups excluding carboxylic acids is 1. The van der Waals surface area contributed by atoms with Crippen LogP contribution in [-0.2, 0) is 9.53 Å². The number of pyridine rings is 1. The Hall–Kier alpha value is -1.75. The van der Waals surface area contributed by atoms with Gasteiger partial charge in [0.05, 0.1) is 6.61 Å². The fraction of sp³-hybridized carbons (Fsp3) is 0.200. The van der Waals surface area contributed by atoms with Gasteiger partial charge in [-0.1, -0.05) is 28.3 Å². The molecule has 1 rings (SSSR count). The number of nitrogens with zero attached hydrogens (tertiary/aromatic N) is 4. The van der Waals surface area contributed by atoms with Crippen molar-refractivity contribution in [2.45, 2.75) is 6.92 Å². The van der Waals surface area contributed by atoms with Crippen LogP contribution >= 0.6 is 23.2 Å². The summed E-state index contributed by atoms with van der Waals surface area (Å²) in [6.45, 7) is 1.81. The molecule has 0 aliphatic carbocycles. The topological polar surface area (TPSA) is 88.0 Å². The van der Waals surface area contributed by atoms with Crippen LogP contribution in [0.1, 0.15) is 12.5 Å². The summed E-state index contributed by atoms with van der Waals surface area (Å²) in [5.41, 5.74) is 8.58. The van der Waals surface area contributed by atoms with Gasteiger partial charge in [0.1, 0.15) is 16.0 Å². The first-order valence-electron chi connectivity index (χ1n) is 4.84. The molecule has 0 unspecified atom stereocenters. The highest BCUT2D eigenvalue weighted by molar-refractivity contribution is 6.33. The smallest absolute Gasteiger partial charge is 0.340 e. The monoisotopic (exact) mass is 286 g/mol. The Morgan fingerprint density at radius 1 is 1.61 bits per heavy atom. The maximum absolute atomic E-state index is 11.5. The molecule has 0 N–H and O–H groups in total. The summed E-state index contributed by atoms with van der Waals surface area (Å²) < 4.78 is 4.73. The van der Waals surface area contributed by atoms with Crippen molar-refractivity contribution >= 4 is 35.2 Å².